The van der Waals surface area contributed by atoms with Crippen molar-refractivity contribution in [3.05, 3.63) is 71.8 Å². The summed E-state index contributed by atoms with van der Waals surface area (Å²) in [5.74, 6) is 0.799. The Labute approximate surface area is 142 Å². The van der Waals surface area contributed by atoms with Gasteiger partial charge in [0.1, 0.15) is 12.4 Å². The lowest BCUT2D eigenvalue weighted by Crippen LogP contribution is -2.33. The van der Waals surface area contributed by atoms with Gasteiger partial charge in [-0.3, -0.25) is 4.90 Å². The monoisotopic (exact) mass is 323 g/mol. The number of hydrogen-bond donors (Lipinski definition) is 0. The van der Waals surface area contributed by atoms with Gasteiger partial charge in [0.05, 0.1) is 12.8 Å². The van der Waals surface area contributed by atoms with Crippen LogP contribution in [0.1, 0.15) is 24.0 Å². The second-order valence-corrected chi connectivity index (χ2v) is 5.65. The Hall–Kier alpha value is -2.75. The van der Waals surface area contributed by atoms with E-state index in [1.165, 1.54) is 0 Å². The van der Waals surface area contributed by atoms with Crippen LogP contribution in [0.3, 0.4) is 0 Å². The highest BCUT2D eigenvalue weighted by atomic mass is 16.6. The zero-order chi connectivity index (χ0) is 16.8. The smallest absolute Gasteiger partial charge is 0.414 e. The quantitative estimate of drug-likeness (QED) is 0.833. The fourth-order valence-electron chi connectivity index (χ4n) is 2.74. The summed E-state index contributed by atoms with van der Waals surface area (Å²) in [4.78, 5) is 14.2. The minimum Gasteiger partial charge on any atom is -0.497 e. The summed E-state index contributed by atoms with van der Waals surface area (Å²) >= 11 is 0. The van der Waals surface area contributed by atoms with Crippen molar-refractivity contribution in [2.24, 2.45) is 0 Å². The Kier molecular flexibility index (Phi) is 5.16. The Morgan fingerprint density at radius 1 is 1.08 bits per heavy atom. The molecule has 1 aliphatic rings. The topological polar surface area (TPSA) is 38.8 Å². The number of nitrogens with zero attached hydrogens (tertiary/aromatic N) is 1. The molecule has 2 aromatic carbocycles. The van der Waals surface area contributed by atoms with Crippen LogP contribution in [0.15, 0.2) is 60.7 Å². The number of ether oxygens (including phenoxy) is 2. The predicted molar refractivity (Wildman–Crippen MR) is 93.5 cm³/mol. The number of carbonyl (C=O) groups excluding carboxylic acids is 1. The molecule has 3 rings (SSSR count). The van der Waals surface area contributed by atoms with Gasteiger partial charge < -0.3 is 9.47 Å². The number of methoxy groups -OCH3 is 1. The highest BCUT2D eigenvalue weighted by Gasteiger charge is 2.23. The number of benzene rings is 2. The van der Waals surface area contributed by atoms with E-state index < -0.39 is 0 Å². The van der Waals surface area contributed by atoms with E-state index in [9.17, 15) is 4.79 Å². The van der Waals surface area contributed by atoms with Gasteiger partial charge in [0.25, 0.3) is 0 Å². The first-order chi connectivity index (χ1) is 11.8. The average molecular weight is 323 g/mol. The molecule has 2 aromatic rings. The fraction of sp³-hybridized carbons (Fsp3) is 0.250. The second-order valence-electron chi connectivity index (χ2n) is 5.65. The highest BCUT2D eigenvalue weighted by Crippen LogP contribution is 2.27. The third-order valence-electron chi connectivity index (χ3n) is 4.03. The third kappa shape index (κ3) is 3.77. The van der Waals surface area contributed by atoms with Gasteiger partial charge in [0.2, 0.25) is 0 Å². The van der Waals surface area contributed by atoms with E-state index in [4.69, 9.17) is 9.47 Å². The molecule has 1 amide bonds. The van der Waals surface area contributed by atoms with E-state index in [-0.39, 0.29) is 12.7 Å². The molecule has 0 radical (unpaired) electrons. The summed E-state index contributed by atoms with van der Waals surface area (Å²) in [6.07, 6.45) is 3.69. The van der Waals surface area contributed by atoms with Crippen LogP contribution in [0.2, 0.25) is 0 Å². The molecule has 0 bridgehead atoms. The van der Waals surface area contributed by atoms with Crippen LogP contribution in [0.5, 0.6) is 5.75 Å². The molecule has 0 spiro atoms. The summed E-state index contributed by atoms with van der Waals surface area (Å²) in [6, 6.07) is 17.4. The Balaban J connectivity index is 1.71. The van der Waals surface area contributed by atoms with Gasteiger partial charge in [-0.05, 0) is 48.2 Å². The van der Waals surface area contributed by atoms with Crippen molar-refractivity contribution < 1.29 is 14.3 Å². The Morgan fingerprint density at radius 3 is 2.54 bits per heavy atom. The molecule has 1 heterocycles. The molecule has 0 saturated heterocycles. The van der Waals surface area contributed by atoms with E-state index in [1.54, 1.807) is 12.0 Å². The van der Waals surface area contributed by atoms with E-state index in [1.807, 2.05) is 54.6 Å². The van der Waals surface area contributed by atoms with Crippen LogP contribution in [0, 0.1) is 0 Å². The van der Waals surface area contributed by atoms with Crippen molar-refractivity contribution in [3.8, 4) is 5.75 Å². The Morgan fingerprint density at radius 2 is 1.83 bits per heavy atom. The maximum Gasteiger partial charge on any atom is 0.414 e. The van der Waals surface area contributed by atoms with Crippen molar-refractivity contribution >= 4 is 11.8 Å². The number of carbonyl (C=O) groups is 1. The molecule has 0 fully saturated rings. The standard InChI is InChI=1S/C20H21NO3/c1-23-18-12-10-17(11-13-18)19-9-5-6-14-21(19)20(22)24-15-16-7-3-2-4-8-16/h2-4,7-13H,5-6,14-15H2,1H3. The van der Waals surface area contributed by atoms with Gasteiger partial charge in [-0.2, -0.15) is 0 Å². The molecule has 0 N–H and O–H groups in total. The summed E-state index contributed by atoms with van der Waals surface area (Å²) < 4.78 is 10.7. The average Bonchev–Trinajstić information content (AvgIpc) is 2.67. The first-order valence-electron chi connectivity index (χ1n) is 8.11. The van der Waals surface area contributed by atoms with E-state index in [0.717, 1.165) is 35.4 Å². The van der Waals surface area contributed by atoms with Gasteiger partial charge in [-0.15, -0.1) is 0 Å². The summed E-state index contributed by atoms with van der Waals surface area (Å²) in [5.41, 5.74) is 2.88. The first kappa shape index (κ1) is 16.1. The van der Waals surface area contributed by atoms with Gasteiger partial charge in [-0.25, -0.2) is 4.79 Å². The SMILES string of the molecule is COc1ccc(C2=CCCCN2C(=O)OCc2ccccc2)cc1. The molecule has 0 aliphatic carbocycles. The van der Waals surface area contributed by atoms with Crippen molar-refractivity contribution in [3.63, 3.8) is 0 Å². The second kappa shape index (κ2) is 7.68. The molecule has 4 heteroatoms. The number of amides is 1. The molecule has 1 aliphatic heterocycles. The molecule has 124 valence electrons. The lowest BCUT2D eigenvalue weighted by Gasteiger charge is -2.28. The third-order valence-corrected chi connectivity index (χ3v) is 4.03. The molecular weight excluding hydrogens is 302 g/mol. The van der Waals surface area contributed by atoms with Crippen molar-refractivity contribution in [2.75, 3.05) is 13.7 Å². The van der Waals surface area contributed by atoms with Crippen molar-refractivity contribution in [2.45, 2.75) is 19.4 Å². The molecule has 0 unspecified atom stereocenters. The lowest BCUT2D eigenvalue weighted by atomic mass is 10.1. The summed E-state index contributed by atoms with van der Waals surface area (Å²) in [5, 5.41) is 0. The molecule has 24 heavy (non-hydrogen) atoms. The van der Waals surface area contributed by atoms with Crippen LogP contribution in [-0.2, 0) is 11.3 Å². The summed E-state index contributed by atoms with van der Waals surface area (Å²) in [7, 11) is 1.64. The largest absolute Gasteiger partial charge is 0.497 e. The fourth-order valence-corrected chi connectivity index (χ4v) is 2.74. The minimum absolute atomic E-state index is 0.284. The maximum absolute atomic E-state index is 12.5. The van der Waals surface area contributed by atoms with E-state index in [0.29, 0.717) is 6.54 Å². The van der Waals surface area contributed by atoms with Gasteiger partial charge in [0.15, 0.2) is 0 Å². The van der Waals surface area contributed by atoms with Crippen molar-refractivity contribution in [1.82, 2.24) is 4.90 Å². The zero-order valence-electron chi connectivity index (χ0n) is 13.8. The lowest BCUT2D eigenvalue weighted by molar-refractivity contribution is 0.112. The van der Waals surface area contributed by atoms with E-state index in [2.05, 4.69) is 6.08 Å². The first-order valence-corrected chi connectivity index (χ1v) is 8.11. The van der Waals surface area contributed by atoms with Gasteiger partial charge in [-0.1, -0.05) is 36.4 Å². The molecular formula is C20H21NO3. The number of rotatable bonds is 4. The predicted octanol–water partition coefficient (Wildman–Crippen LogP) is 4.47. The van der Waals surface area contributed by atoms with Gasteiger partial charge >= 0.3 is 6.09 Å². The number of allylic oxidation sites excluding steroid dienone is 1. The van der Waals surface area contributed by atoms with Crippen LogP contribution >= 0.6 is 0 Å². The summed E-state index contributed by atoms with van der Waals surface area (Å²) in [6.45, 7) is 0.956. The van der Waals surface area contributed by atoms with Gasteiger partial charge in [0, 0.05) is 6.54 Å². The van der Waals surface area contributed by atoms with Crippen LogP contribution in [-0.4, -0.2) is 24.6 Å². The highest BCUT2D eigenvalue weighted by molar-refractivity contribution is 5.82. The zero-order valence-corrected chi connectivity index (χ0v) is 13.8. The molecule has 0 aromatic heterocycles. The Bertz CT molecular complexity index is 707. The van der Waals surface area contributed by atoms with Crippen molar-refractivity contribution in [1.29, 1.82) is 0 Å². The molecule has 0 atom stereocenters. The van der Waals surface area contributed by atoms with E-state index >= 15 is 0 Å². The van der Waals surface area contributed by atoms with Crippen LogP contribution < -0.4 is 4.74 Å². The minimum atomic E-state index is -0.305. The molecule has 4 nitrogen and oxygen atoms in total. The maximum atomic E-state index is 12.5. The normalized spacial score (nSPS) is 14.0. The molecule has 0 saturated carbocycles. The number of hydrogen-bond acceptors (Lipinski definition) is 3. The van der Waals surface area contributed by atoms with Crippen LogP contribution in [0.4, 0.5) is 4.79 Å². The van der Waals surface area contributed by atoms with Crippen LogP contribution in [0.25, 0.3) is 5.70 Å².